The fourth-order valence-electron chi connectivity index (χ4n) is 10.0. The molecule has 4 fully saturated rings. The molecule has 0 aromatic rings. The van der Waals surface area contributed by atoms with E-state index in [1.54, 1.807) is 0 Å². The number of hydrogen-bond donors (Lipinski definition) is 1. The third-order valence-corrected chi connectivity index (χ3v) is 12.5. The van der Waals surface area contributed by atoms with Gasteiger partial charge in [-0.3, -0.25) is 9.59 Å². The van der Waals surface area contributed by atoms with E-state index in [2.05, 4.69) is 26.8 Å². The van der Waals surface area contributed by atoms with Crippen molar-refractivity contribution in [2.75, 3.05) is 0 Å². The molecule has 0 amide bonds. The largest absolute Gasteiger partial charge is 0.390 e. The quantitative estimate of drug-likeness (QED) is 0.501. The van der Waals surface area contributed by atoms with Gasteiger partial charge in [-0.15, -0.1) is 0 Å². The number of aliphatic hydroxyl groups is 1. The lowest BCUT2D eigenvalue weighted by molar-refractivity contribution is -0.191. The number of carbonyl (C=O) groups excluding carboxylic acids is 2. The third-order valence-electron chi connectivity index (χ3n) is 12.5. The van der Waals surface area contributed by atoms with E-state index in [1.165, 1.54) is 12.8 Å². The van der Waals surface area contributed by atoms with Crippen LogP contribution in [-0.2, 0) is 9.59 Å². The number of carbonyl (C=O) groups is 2. The maximum absolute atomic E-state index is 14.1. The second-order valence-corrected chi connectivity index (χ2v) is 14.2. The molecule has 4 saturated carbocycles. The van der Waals surface area contributed by atoms with Crippen LogP contribution in [0.5, 0.6) is 0 Å². The van der Waals surface area contributed by atoms with Crippen molar-refractivity contribution in [3.8, 4) is 6.07 Å². The molecule has 6 aliphatic carbocycles. The van der Waals surface area contributed by atoms with Crippen molar-refractivity contribution in [2.45, 2.75) is 98.0 Å². The lowest BCUT2D eigenvalue weighted by atomic mass is 9.35. The van der Waals surface area contributed by atoms with Gasteiger partial charge in [-0.25, -0.2) is 0 Å². The van der Waals surface area contributed by atoms with E-state index < -0.39 is 16.4 Å². The van der Waals surface area contributed by atoms with Gasteiger partial charge in [0.2, 0.25) is 0 Å². The number of nitrogens with zero attached hydrogens (tertiary/aromatic N) is 1. The topological polar surface area (TPSA) is 78.2 Å². The van der Waals surface area contributed by atoms with Crippen molar-refractivity contribution in [1.82, 2.24) is 0 Å². The molecule has 0 saturated heterocycles. The maximum atomic E-state index is 14.1. The number of ketones is 2. The lowest BCUT2D eigenvalue weighted by Crippen LogP contribution is -2.66. The van der Waals surface area contributed by atoms with E-state index in [0.717, 1.165) is 50.5 Å². The summed E-state index contributed by atoms with van der Waals surface area (Å²) in [5.41, 5.74) is -0.488. The Morgan fingerprint density at radius 3 is 2.26 bits per heavy atom. The van der Waals surface area contributed by atoms with Crippen LogP contribution >= 0.6 is 0 Å². The standard InChI is InChI=1S/C30H39NO3/c1-25(2)21-6-7-27(4)22(26(21,3)15-18(17-31)24(25)33)14-20(32)23-19-16-29(9-10-29)11-13-30(19,34)12-8-28(23,27)5/h14-15,19,21,23,34H,6-13,16H2,1-5H3/t19-,21-,23-,26-,27+,28+,30+/m0/s1. The van der Waals surface area contributed by atoms with E-state index in [4.69, 9.17) is 0 Å². The monoisotopic (exact) mass is 461 g/mol. The summed E-state index contributed by atoms with van der Waals surface area (Å²) in [5, 5.41) is 21.6. The average molecular weight is 462 g/mol. The summed E-state index contributed by atoms with van der Waals surface area (Å²) in [4.78, 5) is 27.2. The Kier molecular flexibility index (Phi) is 4.23. The lowest BCUT2D eigenvalue weighted by Gasteiger charge is -2.68. The fraction of sp³-hybridized carbons (Fsp3) is 0.767. The SMILES string of the molecule is CC1(C)C(=O)C(C#N)=C[C@]2(C)C3=CC(=O)[C@@H]4[C@@H]5CC6(CC6)CC[C@]5(O)CC[C@@]4(C)[C@]3(C)CC[C@@H]12. The highest BCUT2D eigenvalue weighted by molar-refractivity contribution is 6.04. The van der Waals surface area contributed by atoms with Crippen LogP contribution in [-0.4, -0.2) is 22.3 Å². The molecule has 0 aromatic carbocycles. The number of allylic oxidation sites excluding steroid dienone is 4. The zero-order valence-corrected chi connectivity index (χ0v) is 21.5. The first-order valence-corrected chi connectivity index (χ1v) is 13.4. The summed E-state index contributed by atoms with van der Waals surface area (Å²) in [6.45, 7) is 10.8. The Bertz CT molecular complexity index is 1120. The van der Waals surface area contributed by atoms with Gasteiger partial charge in [-0.1, -0.05) is 46.3 Å². The van der Waals surface area contributed by atoms with Crippen molar-refractivity contribution in [3.05, 3.63) is 23.3 Å². The normalized spacial score (nSPS) is 50.1. The van der Waals surface area contributed by atoms with Crippen LogP contribution in [0, 0.1) is 56.2 Å². The summed E-state index contributed by atoms with van der Waals surface area (Å²) in [5.74, 6) is 0.0917. The van der Waals surface area contributed by atoms with Crippen molar-refractivity contribution in [2.24, 2.45) is 44.8 Å². The van der Waals surface area contributed by atoms with Crippen LogP contribution in [0.1, 0.15) is 92.4 Å². The number of nitriles is 1. The molecule has 0 unspecified atom stereocenters. The van der Waals surface area contributed by atoms with Gasteiger partial charge in [0.15, 0.2) is 11.6 Å². The van der Waals surface area contributed by atoms with Gasteiger partial charge in [-0.05, 0) is 91.9 Å². The van der Waals surface area contributed by atoms with E-state index in [0.29, 0.717) is 5.41 Å². The minimum Gasteiger partial charge on any atom is -0.390 e. The zero-order valence-electron chi connectivity index (χ0n) is 21.5. The van der Waals surface area contributed by atoms with Gasteiger partial charge in [-0.2, -0.15) is 5.26 Å². The van der Waals surface area contributed by atoms with Crippen molar-refractivity contribution in [1.29, 1.82) is 5.26 Å². The first-order chi connectivity index (χ1) is 15.8. The highest BCUT2D eigenvalue weighted by Crippen LogP contribution is 2.74. The molecule has 4 heteroatoms. The molecule has 182 valence electrons. The summed E-state index contributed by atoms with van der Waals surface area (Å²) >= 11 is 0. The first-order valence-electron chi connectivity index (χ1n) is 13.4. The molecule has 0 heterocycles. The van der Waals surface area contributed by atoms with Gasteiger partial charge >= 0.3 is 0 Å². The van der Waals surface area contributed by atoms with Crippen LogP contribution in [0.2, 0.25) is 0 Å². The molecule has 0 aliphatic heterocycles. The van der Waals surface area contributed by atoms with Gasteiger partial charge in [0, 0.05) is 16.7 Å². The van der Waals surface area contributed by atoms with Crippen LogP contribution in [0.15, 0.2) is 23.3 Å². The van der Waals surface area contributed by atoms with Gasteiger partial charge < -0.3 is 5.11 Å². The predicted octanol–water partition coefficient (Wildman–Crippen LogP) is 5.70. The molecular formula is C30H39NO3. The molecular weight excluding hydrogens is 422 g/mol. The van der Waals surface area contributed by atoms with Crippen LogP contribution in [0.3, 0.4) is 0 Å². The van der Waals surface area contributed by atoms with Crippen LogP contribution in [0.4, 0.5) is 0 Å². The minimum absolute atomic E-state index is 0.0461. The van der Waals surface area contributed by atoms with Gasteiger partial charge in [0.1, 0.15) is 6.07 Å². The molecule has 0 radical (unpaired) electrons. The molecule has 6 rings (SSSR count). The van der Waals surface area contributed by atoms with Crippen molar-refractivity contribution in [3.63, 3.8) is 0 Å². The fourth-order valence-corrected chi connectivity index (χ4v) is 10.0. The Balaban J connectivity index is 1.52. The molecule has 1 N–H and O–H groups in total. The molecule has 1 spiro atoms. The second kappa shape index (κ2) is 6.33. The van der Waals surface area contributed by atoms with E-state index >= 15 is 0 Å². The number of Topliss-reactive ketones (excluding diaryl/α,β-unsaturated/α-hetero) is 1. The van der Waals surface area contributed by atoms with E-state index in [-0.39, 0.29) is 45.7 Å². The summed E-state index contributed by atoms with van der Waals surface area (Å²) in [7, 11) is 0. The first kappa shape index (κ1) is 22.7. The third kappa shape index (κ3) is 2.48. The Labute approximate surface area is 203 Å². The van der Waals surface area contributed by atoms with E-state index in [1.807, 2.05) is 26.0 Å². The molecule has 4 nitrogen and oxygen atoms in total. The molecule has 7 atom stereocenters. The van der Waals surface area contributed by atoms with Crippen LogP contribution in [0.25, 0.3) is 0 Å². The average Bonchev–Trinajstić information content (AvgIpc) is 3.53. The van der Waals surface area contributed by atoms with Crippen molar-refractivity contribution >= 4 is 11.6 Å². The van der Waals surface area contributed by atoms with Gasteiger partial charge in [0.05, 0.1) is 11.2 Å². The highest BCUT2D eigenvalue weighted by atomic mass is 16.3. The molecule has 0 bridgehead atoms. The van der Waals surface area contributed by atoms with Crippen LogP contribution < -0.4 is 0 Å². The highest BCUT2D eigenvalue weighted by Gasteiger charge is 2.70. The summed E-state index contributed by atoms with van der Waals surface area (Å²) < 4.78 is 0. The molecule has 6 aliphatic rings. The predicted molar refractivity (Wildman–Crippen MR) is 129 cm³/mol. The molecule has 34 heavy (non-hydrogen) atoms. The molecule has 0 aromatic heterocycles. The Morgan fingerprint density at radius 1 is 0.971 bits per heavy atom. The second-order valence-electron chi connectivity index (χ2n) is 14.2. The zero-order chi connectivity index (χ0) is 24.5. The Hall–Kier alpha value is -1.73. The van der Waals surface area contributed by atoms with E-state index in [9.17, 15) is 20.0 Å². The number of rotatable bonds is 0. The number of hydrogen-bond acceptors (Lipinski definition) is 4. The smallest absolute Gasteiger partial charge is 0.178 e. The van der Waals surface area contributed by atoms with Crippen molar-refractivity contribution < 1.29 is 14.7 Å². The minimum atomic E-state index is -0.705. The summed E-state index contributed by atoms with van der Waals surface area (Å²) in [6.07, 6.45) is 12.8. The Morgan fingerprint density at radius 2 is 1.62 bits per heavy atom. The number of fused-ring (bicyclic) bond motifs is 7. The van der Waals surface area contributed by atoms with Gasteiger partial charge in [0.25, 0.3) is 0 Å². The maximum Gasteiger partial charge on any atom is 0.178 e. The summed E-state index contributed by atoms with van der Waals surface area (Å²) in [6, 6.07) is 2.18.